The first-order valence-electron chi connectivity index (χ1n) is 7.12. The minimum Gasteiger partial charge on any atom is -0.360 e. The first-order chi connectivity index (χ1) is 10.8. The molecule has 1 heterocycles. The highest BCUT2D eigenvalue weighted by atomic mass is 15.3. The van der Waals surface area contributed by atoms with Crippen molar-refractivity contribution in [3.8, 4) is 0 Å². The van der Waals surface area contributed by atoms with Crippen LogP contribution in [0.15, 0.2) is 90.7 Å². The van der Waals surface area contributed by atoms with Crippen LogP contribution in [-0.4, -0.2) is 10.7 Å². The van der Waals surface area contributed by atoms with Gasteiger partial charge in [-0.3, -0.25) is 5.43 Å². The van der Waals surface area contributed by atoms with Crippen molar-refractivity contribution >= 4 is 11.4 Å². The maximum absolute atomic E-state index is 4.57. The number of hydrogen-bond acceptors (Lipinski definition) is 2. The number of aromatic amines is 1. The first kappa shape index (κ1) is 13.9. The van der Waals surface area contributed by atoms with Gasteiger partial charge in [0.2, 0.25) is 0 Å². The van der Waals surface area contributed by atoms with Crippen molar-refractivity contribution in [2.45, 2.75) is 0 Å². The fourth-order valence-corrected chi connectivity index (χ4v) is 2.19. The molecule has 0 spiro atoms. The first-order valence-corrected chi connectivity index (χ1v) is 7.12. The van der Waals surface area contributed by atoms with E-state index in [1.807, 2.05) is 79.0 Å². The smallest absolute Gasteiger partial charge is 0.0977 e. The summed E-state index contributed by atoms with van der Waals surface area (Å²) < 4.78 is 0. The Bertz CT molecular complexity index is 715. The van der Waals surface area contributed by atoms with Crippen molar-refractivity contribution < 1.29 is 0 Å². The Morgan fingerprint density at radius 2 is 1.41 bits per heavy atom. The summed E-state index contributed by atoms with van der Waals surface area (Å²) in [5.41, 5.74) is 7.69. The average molecular weight is 287 g/mol. The molecule has 2 N–H and O–H groups in total. The second-order valence-corrected chi connectivity index (χ2v) is 4.87. The Morgan fingerprint density at radius 1 is 0.818 bits per heavy atom. The van der Waals surface area contributed by atoms with E-state index in [1.54, 1.807) is 0 Å². The molecule has 0 amide bonds. The Balaban J connectivity index is 1.92. The van der Waals surface area contributed by atoms with E-state index in [9.17, 15) is 0 Å². The van der Waals surface area contributed by atoms with Crippen LogP contribution >= 0.6 is 0 Å². The third-order valence-electron chi connectivity index (χ3n) is 3.32. The van der Waals surface area contributed by atoms with Gasteiger partial charge in [0.05, 0.1) is 17.1 Å². The molecule has 0 aliphatic heterocycles. The highest BCUT2D eigenvalue weighted by Crippen LogP contribution is 2.12. The van der Waals surface area contributed by atoms with Gasteiger partial charge in [-0.25, -0.2) is 0 Å². The van der Waals surface area contributed by atoms with Crippen LogP contribution in [-0.2, 0) is 0 Å². The zero-order valence-electron chi connectivity index (χ0n) is 12.2. The molecule has 0 saturated carbocycles. The molecule has 0 aliphatic carbocycles. The van der Waals surface area contributed by atoms with Crippen molar-refractivity contribution in [1.29, 1.82) is 0 Å². The zero-order valence-corrected chi connectivity index (χ0v) is 12.2. The molecule has 3 rings (SSSR count). The van der Waals surface area contributed by atoms with E-state index in [4.69, 9.17) is 0 Å². The topological polar surface area (TPSA) is 40.2 Å². The van der Waals surface area contributed by atoms with Crippen molar-refractivity contribution in [1.82, 2.24) is 10.4 Å². The molecule has 108 valence electrons. The van der Waals surface area contributed by atoms with Gasteiger partial charge in [-0.2, -0.15) is 5.10 Å². The molecule has 3 heteroatoms. The molecule has 0 atom stereocenters. The van der Waals surface area contributed by atoms with Gasteiger partial charge in [0.1, 0.15) is 0 Å². The molecule has 0 fully saturated rings. The van der Waals surface area contributed by atoms with E-state index < -0.39 is 0 Å². The Morgan fingerprint density at radius 3 is 1.91 bits per heavy atom. The number of nitrogens with one attached hydrogen (secondary N) is 2. The summed E-state index contributed by atoms with van der Waals surface area (Å²) in [5.74, 6) is 0. The second-order valence-electron chi connectivity index (χ2n) is 4.87. The summed E-state index contributed by atoms with van der Waals surface area (Å²) in [6.45, 7) is 4.01. The predicted octanol–water partition coefficient (Wildman–Crippen LogP) is 4.03. The van der Waals surface area contributed by atoms with Gasteiger partial charge < -0.3 is 4.98 Å². The van der Waals surface area contributed by atoms with E-state index in [0.717, 1.165) is 28.2 Å². The number of nitrogens with zero attached hydrogens (tertiary/aromatic N) is 1. The number of hydrogen-bond donors (Lipinski definition) is 2. The summed E-state index contributed by atoms with van der Waals surface area (Å²) in [4.78, 5) is 3.11. The normalized spacial score (nSPS) is 10.0. The summed E-state index contributed by atoms with van der Waals surface area (Å²) in [6, 6.07) is 24.1. The number of H-pyrrole nitrogens is 1. The summed E-state index contributed by atoms with van der Waals surface area (Å²) in [7, 11) is 0. The molecule has 1 aromatic heterocycles. The quantitative estimate of drug-likeness (QED) is 0.540. The third-order valence-corrected chi connectivity index (χ3v) is 3.32. The predicted molar refractivity (Wildman–Crippen MR) is 91.5 cm³/mol. The lowest BCUT2D eigenvalue weighted by Gasteiger charge is -2.09. The van der Waals surface area contributed by atoms with E-state index in [1.165, 1.54) is 0 Å². The summed E-state index contributed by atoms with van der Waals surface area (Å²) in [5, 5.41) is 4.57. The molecule has 0 aliphatic rings. The minimum absolute atomic E-state index is 0.731. The maximum Gasteiger partial charge on any atom is 0.0977 e. The summed E-state index contributed by atoms with van der Waals surface area (Å²) in [6.07, 6.45) is 1.86. The fourth-order valence-electron chi connectivity index (χ4n) is 2.19. The van der Waals surface area contributed by atoms with Crippen LogP contribution in [0.5, 0.6) is 0 Å². The van der Waals surface area contributed by atoms with Crippen LogP contribution in [0.1, 0.15) is 16.8 Å². The number of aromatic nitrogens is 1. The maximum atomic E-state index is 4.57. The summed E-state index contributed by atoms with van der Waals surface area (Å²) >= 11 is 0. The van der Waals surface area contributed by atoms with Crippen molar-refractivity contribution in [3.05, 3.63) is 102 Å². The van der Waals surface area contributed by atoms with Crippen LogP contribution in [0.25, 0.3) is 5.70 Å². The van der Waals surface area contributed by atoms with Gasteiger partial charge in [0.15, 0.2) is 0 Å². The molecule has 3 aromatic rings. The SMILES string of the molecule is C=C(NN=C(c1ccccc1)c1ccccc1)c1ccc[nH]1. The van der Waals surface area contributed by atoms with Gasteiger partial charge >= 0.3 is 0 Å². The van der Waals surface area contributed by atoms with Crippen molar-refractivity contribution in [2.75, 3.05) is 0 Å². The fraction of sp³-hybridized carbons (Fsp3) is 0. The molecule has 22 heavy (non-hydrogen) atoms. The number of benzene rings is 2. The van der Waals surface area contributed by atoms with Crippen LogP contribution in [0.4, 0.5) is 0 Å². The van der Waals surface area contributed by atoms with E-state index in [2.05, 4.69) is 22.1 Å². The monoisotopic (exact) mass is 287 g/mol. The second kappa shape index (κ2) is 6.59. The molecule has 0 radical (unpaired) electrons. The molecule has 3 nitrogen and oxygen atoms in total. The van der Waals surface area contributed by atoms with Crippen LogP contribution < -0.4 is 5.43 Å². The molecule has 0 saturated heterocycles. The van der Waals surface area contributed by atoms with Crippen molar-refractivity contribution in [3.63, 3.8) is 0 Å². The lowest BCUT2D eigenvalue weighted by Crippen LogP contribution is -2.11. The lowest BCUT2D eigenvalue weighted by molar-refractivity contribution is 0.984. The van der Waals surface area contributed by atoms with Crippen LogP contribution in [0, 0.1) is 0 Å². The highest BCUT2D eigenvalue weighted by Gasteiger charge is 2.07. The molecule has 0 unspecified atom stereocenters. The van der Waals surface area contributed by atoms with E-state index in [-0.39, 0.29) is 0 Å². The van der Waals surface area contributed by atoms with Crippen LogP contribution in [0.3, 0.4) is 0 Å². The Labute approximate surface area is 130 Å². The third kappa shape index (κ3) is 3.15. The van der Waals surface area contributed by atoms with Gasteiger partial charge in [0.25, 0.3) is 0 Å². The highest BCUT2D eigenvalue weighted by molar-refractivity contribution is 6.12. The van der Waals surface area contributed by atoms with Crippen molar-refractivity contribution in [2.24, 2.45) is 5.10 Å². The van der Waals surface area contributed by atoms with Crippen LogP contribution in [0.2, 0.25) is 0 Å². The molecular weight excluding hydrogens is 270 g/mol. The zero-order chi connectivity index (χ0) is 15.2. The standard InChI is InChI=1S/C19H17N3/c1-15(18-13-8-14-20-18)21-22-19(16-9-4-2-5-10-16)17-11-6-3-7-12-17/h2-14,20-21H,1H2. The molecular formula is C19H17N3. The lowest BCUT2D eigenvalue weighted by atomic mass is 10.0. The molecule has 0 bridgehead atoms. The van der Waals surface area contributed by atoms with Gasteiger partial charge in [-0.15, -0.1) is 0 Å². The van der Waals surface area contributed by atoms with Gasteiger partial charge in [0, 0.05) is 17.3 Å². The Hall–Kier alpha value is -3.07. The average Bonchev–Trinajstić information content (AvgIpc) is 3.11. The Kier molecular flexibility index (Phi) is 4.16. The largest absolute Gasteiger partial charge is 0.360 e. The van der Waals surface area contributed by atoms with Gasteiger partial charge in [-0.1, -0.05) is 67.2 Å². The molecule has 2 aromatic carbocycles. The number of hydrazone groups is 1. The number of rotatable bonds is 5. The minimum atomic E-state index is 0.731. The van der Waals surface area contributed by atoms with Gasteiger partial charge in [-0.05, 0) is 12.1 Å². The van der Waals surface area contributed by atoms with E-state index >= 15 is 0 Å². The van der Waals surface area contributed by atoms with E-state index in [0.29, 0.717) is 0 Å².